The van der Waals surface area contributed by atoms with Crippen molar-refractivity contribution in [1.82, 2.24) is 5.32 Å². The van der Waals surface area contributed by atoms with Gasteiger partial charge in [0.2, 0.25) is 0 Å². The van der Waals surface area contributed by atoms with E-state index in [0.717, 1.165) is 11.6 Å². The lowest BCUT2D eigenvalue weighted by atomic mass is 10.2. The van der Waals surface area contributed by atoms with Crippen molar-refractivity contribution in [3.63, 3.8) is 0 Å². The first-order chi connectivity index (χ1) is 7.77. The number of furan rings is 1. The van der Waals surface area contributed by atoms with Crippen LogP contribution in [-0.4, -0.2) is 0 Å². The van der Waals surface area contributed by atoms with Gasteiger partial charge in [0.25, 0.3) is 0 Å². The molecule has 16 heavy (non-hydrogen) atoms. The van der Waals surface area contributed by atoms with Gasteiger partial charge in [-0.25, -0.2) is 8.78 Å². The summed E-state index contributed by atoms with van der Waals surface area (Å²) in [6.07, 6.45) is 3.18. The molecule has 0 atom stereocenters. The zero-order valence-electron chi connectivity index (χ0n) is 8.54. The Balaban J connectivity index is 1.92. The molecule has 0 spiro atoms. The Labute approximate surface area is 91.9 Å². The largest absolute Gasteiger partial charge is 0.472 e. The average Bonchev–Trinajstić information content (AvgIpc) is 2.77. The Morgan fingerprint density at radius 2 is 2.00 bits per heavy atom. The third kappa shape index (κ3) is 2.46. The molecule has 0 saturated carbocycles. The lowest BCUT2D eigenvalue weighted by Gasteiger charge is -2.04. The Hall–Kier alpha value is -1.68. The summed E-state index contributed by atoms with van der Waals surface area (Å²) < 4.78 is 31.0. The third-order valence-corrected chi connectivity index (χ3v) is 2.26. The molecule has 1 aromatic carbocycles. The maximum atomic E-state index is 13.2. The van der Waals surface area contributed by atoms with Crippen molar-refractivity contribution in [3.05, 3.63) is 59.6 Å². The van der Waals surface area contributed by atoms with Gasteiger partial charge in [-0.1, -0.05) is 12.1 Å². The number of hydrogen-bond acceptors (Lipinski definition) is 2. The molecule has 0 aliphatic heterocycles. The molecule has 0 amide bonds. The summed E-state index contributed by atoms with van der Waals surface area (Å²) in [6, 6.07) is 5.97. The van der Waals surface area contributed by atoms with E-state index < -0.39 is 11.6 Å². The van der Waals surface area contributed by atoms with Crippen LogP contribution >= 0.6 is 0 Å². The monoisotopic (exact) mass is 223 g/mol. The zero-order chi connectivity index (χ0) is 11.4. The van der Waals surface area contributed by atoms with Crippen molar-refractivity contribution >= 4 is 0 Å². The minimum absolute atomic E-state index is 0.286. The predicted octanol–water partition coefficient (Wildman–Crippen LogP) is 2.85. The summed E-state index contributed by atoms with van der Waals surface area (Å²) >= 11 is 0. The second-order valence-corrected chi connectivity index (χ2v) is 3.45. The van der Waals surface area contributed by atoms with Crippen LogP contribution in [0.2, 0.25) is 0 Å². The van der Waals surface area contributed by atoms with Crippen molar-refractivity contribution in [2.45, 2.75) is 13.1 Å². The number of hydrogen-bond donors (Lipinski definition) is 1. The number of benzene rings is 1. The first kappa shape index (κ1) is 10.8. The van der Waals surface area contributed by atoms with E-state index in [2.05, 4.69) is 5.32 Å². The SMILES string of the molecule is Fc1cccc(CNCc2ccoc2)c1F. The van der Waals surface area contributed by atoms with E-state index in [1.165, 1.54) is 6.07 Å². The van der Waals surface area contributed by atoms with Crippen LogP contribution in [0.5, 0.6) is 0 Å². The van der Waals surface area contributed by atoms with E-state index in [4.69, 9.17) is 4.42 Å². The molecule has 0 radical (unpaired) electrons. The summed E-state index contributed by atoms with van der Waals surface area (Å²) in [5, 5.41) is 3.01. The van der Waals surface area contributed by atoms with Crippen LogP contribution in [0.25, 0.3) is 0 Å². The highest BCUT2D eigenvalue weighted by molar-refractivity contribution is 5.18. The molecular weight excluding hydrogens is 212 g/mol. The maximum absolute atomic E-state index is 13.2. The summed E-state index contributed by atoms with van der Waals surface area (Å²) in [5.74, 6) is -1.61. The summed E-state index contributed by atoms with van der Waals surface area (Å²) in [4.78, 5) is 0. The molecule has 2 aromatic rings. The highest BCUT2D eigenvalue weighted by atomic mass is 19.2. The van der Waals surface area contributed by atoms with Gasteiger partial charge in [-0.05, 0) is 12.1 Å². The first-order valence-electron chi connectivity index (χ1n) is 4.92. The minimum atomic E-state index is -0.817. The van der Waals surface area contributed by atoms with Gasteiger partial charge in [0.05, 0.1) is 12.5 Å². The standard InChI is InChI=1S/C12H11F2NO/c13-11-3-1-2-10(12(11)14)7-15-6-9-4-5-16-8-9/h1-5,8,15H,6-7H2. The number of nitrogens with one attached hydrogen (secondary N) is 1. The highest BCUT2D eigenvalue weighted by Gasteiger charge is 2.06. The molecule has 2 rings (SSSR count). The van der Waals surface area contributed by atoms with Crippen LogP contribution in [0.1, 0.15) is 11.1 Å². The summed E-state index contributed by atoms with van der Waals surface area (Å²) in [7, 11) is 0. The van der Waals surface area contributed by atoms with Crippen LogP contribution in [0.3, 0.4) is 0 Å². The Morgan fingerprint density at radius 1 is 1.12 bits per heavy atom. The van der Waals surface area contributed by atoms with E-state index >= 15 is 0 Å². The van der Waals surface area contributed by atoms with E-state index in [-0.39, 0.29) is 6.54 Å². The predicted molar refractivity (Wildman–Crippen MR) is 55.6 cm³/mol. The van der Waals surface area contributed by atoms with Crippen molar-refractivity contribution in [2.24, 2.45) is 0 Å². The molecule has 0 aliphatic carbocycles. The second kappa shape index (κ2) is 4.90. The smallest absolute Gasteiger partial charge is 0.163 e. The lowest BCUT2D eigenvalue weighted by molar-refractivity contribution is 0.492. The van der Waals surface area contributed by atoms with Crippen LogP contribution in [-0.2, 0) is 13.1 Å². The molecule has 1 N–H and O–H groups in total. The van der Waals surface area contributed by atoms with Gasteiger partial charge < -0.3 is 9.73 Å². The maximum Gasteiger partial charge on any atom is 0.163 e. The van der Waals surface area contributed by atoms with Gasteiger partial charge >= 0.3 is 0 Å². The molecule has 84 valence electrons. The minimum Gasteiger partial charge on any atom is -0.472 e. The highest BCUT2D eigenvalue weighted by Crippen LogP contribution is 2.11. The molecule has 2 nitrogen and oxygen atoms in total. The lowest BCUT2D eigenvalue weighted by Crippen LogP contribution is -2.13. The van der Waals surface area contributed by atoms with Crippen LogP contribution < -0.4 is 5.32 Å². The fourth-order valence-corrected chi connectivity index (χ4v) is 1.42. The van der Waals surface area contributed by atoms with Crippen LogP contribution in [0, 0.1) is 11.6 Å². The van der Waals surface area contributed by atoms with E-state index in [9.17, 15) is 8.78 Å². The molecule has 0 unspecified atom stereocenters. The fourth-order valence-electron chi connectivity index (χ4n) is 1.42. The molecule has 0 bridgehead atoms. The summed E-state index contributed by atoms with van der Waals surface area (Å²) in [6.45, 7) is 0.848. The number of halogens is 2. The zero-order valence-corrected chi connectivity index (χ0v) is 8.54. The molecular formula is C12H11F2NO. The van der Waals surface area contributed by atoms with Crippen molar-refractivity contribution in [2.75, 3.05) is 0 Å². The molecule has 1 aromatic heterocycles. The van der Waals surface area contributed by atoms with Gasteiger partial charge in [0, 0.05) is 24.2 Å². The normalized spacial score (nSPS) is 10.6. The van der Waals surface area contributed by atoms with Crippen molar-refractivity contribution in [1.29, 1.82) is 0 Å². The Morgan fingerprint density at radius 3 is 2.75 bits per heavy atom. The first-order valence-corrected chi connectivity index (χ1v) is 4.92. The van der Waals surface area contributed by atoms with Gasteiger partial charge in [-0.3, -0.25) is 0 Å². The fraction of sp³-hybridized carbons (Fsp3) is 0.167. The average molecular weight is 223 g/mol. The molecule has 4 heteroatoms. The van der Waals surface area contributed by atoms with Gasteiger partial charge in [0.1, 0.15) is 0 Å². The molecule has 0 fully saturated rings. The van der Waals surface area contributed by atoms with Gasteiger partial charge in [0.15, 0.2) is 11.6 Å². The van der Waals surface area contributed by atoms with E-state index in [0.29, 0.717) is 12.1 Å². The van der Waals surface area contributed by atoms with Crippen molar-refractivity contribution in [3.8, 4) is 0 Å². The van der Waals surface area contributed by atoms with Crippen LogP contribution in [0.4, 0.5) is 8.78 Å². The van der Waals surface area contributed by atoms with E-state index in [1.807, 2.05) is 6.07 Å². The quantitative estimate of drug-likeness (QED) is 0.862. The summed E-state index contributed by atoms with van der Waals surface area (Å²) in [5.41, 5.74) is 1.29. The Bertz CT molecular complexity index is 454. The van der Waals surface area contributed by atoms with E-state index in [1.54, 1.807) is 18.6 Å². The molecule has 0 saturated heterocycles. The second-order valence-electron chi connectivity index (χ2n) is 3.45. The van der Waals surface area contributed by atoms with Crippen LogP contribution in [0.15, 0.2) is 41.2 Å². The number of rotatable bonds is 4. The topological polar surface area (TPSA) is 25.2 Å². The Kier molecular flexibility index (Phi) is 3.31. The van der Waals surface area contributed by atoms with Gasteiger partial charge in [-0.15, -0.1) is 0 Å². The van der Waals surface area contributed by atoms with Gasteiger partial charge in [-0.2, -0.15) is 0 Å². The van der Waals surface area contributed by atoms with Crippen molar-refractivity contribution < 1.29 is 13.2 Å². The third-order valence-electron chi connectivity index (χ3n) is 2.26. The molecule has 1 heterocycles. The molecule has 0 aliphatic rings.